The normalized spacial score (nSPS) is 13.6. The standard InChI is InChI=1S/C40H40F3N5O6/c1-39(2,3)54-37(50)44-22-25-7-5-10-31(17-25)48-33(21-34(46-48)40(41,42)43)36(49)45-30-9-6-8-28(19-30)35(47(38(51)52)23-24-11-12-24)29-14-13-27-20-32(53-4)16-15-26(27)18-29/h5-10,13-21,24,35H,11-12,22-23H2,1-4H3,(H,44,50)(H,45,49)(H,51,52). The average molecular weight is 744 g/mol. The highest BCUT2D eigenvalue weighted by atomic mass is 19.4. The summed E-state index contributed by atoms with van der Waals surface area (Å²) in [5.41, 5.74) is -0.228. The maximum atomic E-state index is 14.0. The Kier molecular flexibility index (Phi) is 10.6. The molecule has 1 aliphatic carbocycles. The van der Waals surface area contributed by atoms with Crippen molar-refractivity contribution in [3.8, 4) is 11.4 Å². The van der Waals surface area contributed by atoms with Gasteiger partial charge in [0.1, 0.15) is 17.0 Å². The summed E-state index contributed by atoms with van der Waals surface area (Å²) in [7, 11) is 1.58. The van der Waals surface area contributed by atoms with Gasteiger partial charge in [-0.1, -0.05) is 42.5 Å². The van der Waals surface area contributed by atoms with Gasteiger partial charge in [0, 0.05) is 24.8 Å². The third-order valence-electron chi connectivity index (χ3n) is 8.78. The van der Waals surface area contributed by atoms with Crippen molar-refractivity contribution >= 4 is 34.6 Å². The Morgan fingerprint density at radius 2 is 1.63 bits per heavy atom. The van der Waals surface area contributed by atoms with Crippen LogP contribution < -0.4 is 15.4 Å². The van der Waals surface area contributed by atoms with Gasteiger partial charge < -0.3 is 25.2 Å². The molecule has 14 heteroatoms. The van der Waals surface area contributed by atoms with E-state index in [9.17, 15) is 32.7 Å². The zero-order chi connectivity index (χ0) is 38.8. The number of benzene rings is 4. The highest BCUT2D eigenvalue weighted by molar-refractivity contribution is 6.03. The monoisotopic (exact) mass is 743 g/mol. The predicted octanol–water partition coefficient (Wildman–Crippen LogP) is 8.81. The van der Waals surface area contributed by atoms with Crippen LogP contribution in [0.2, 0.25) is 0 Å². The molecular weight excluding hydrogens is 703 g/mol. The quantitative estimate of drug-likeness (QED) is 0.123. The van der Waals surface area contributed by atoms with Crippen LogP contribution in [-0.2, 0) is 17.5 Å². The number of anilines is 1. The Morgan fingerprint density at radius 1 is 0.926 bits per heavy atom. The van der Waals surface area contributed by atoms with Gasteiger partial charge in [0.15, 0.2) is 5.69 Å². The maximum Gasteiger partial charge on any atom is 0.435 e. The van der Waals surface area contributed by atoms with Gasteiger partial charge in [-0.25, -0.2) is 14.3 Å². The second-order valence-electron chi connectivity index (χ2n) is 14.2. The first-order chi connectivity index (χ1) is 25.6. The molecule has 54 heavy (non-hydrogen) atoms. The molecular formula is C40H40F3N5O6. The van der Waals surface area contributed by atoms with E-state index < -0.39 is 47.3 Å². The fourth-order valence-electron chi connectivity index (χ4n) is 6.11. The lowest BCUT2D eigenvalue weighted by Crippen LogP contribution is -2.36. The number of hydrogen-bond acceptors (Lipinski definition) is 6. The number of aromatic nitrogens is 2. The number of ether oxygens (including phenoxy) is 2. The first-order valence-corrected chi connectivity index (χ1v) is 17.3. The van der Waals surface area contributed by atoms with Crippen LogP contribution >= 0.6 is 0 Å². The Hall–Kier alpha value is -6.05. The summed E-state index contributed by atoms with van der Waals surface area (Å²) in [6, 6.07) is 24.0. The van der Waals surface area contributed by atoms with E-state index in [4.69, 9.17) is 9.47 Å². The van der Waals surface area contributed by atoms with Gasteiger partial charge in [0.25, 0.3) is 5.91 Å². The van der Waals surface area contributed by atoms with Crippen molar-refractivity contribution in [3.63, 3.8) is 0 Å². The third-order valence-corrected chi connectivity index (χ3v) is 8.78. The number of methoxy groups -OCH3 is 1. The van der Waals surface area contributed by atoms with Crippen molar-refractivity contribution in [2.24, 2.45) is 5.92 Å². The summed E-state index contributed by atoms with van der Waals surface area (Å²) in [6.07, 6.45) is -4.79. The Morgan fingerprint density at radius 3 is 2.31 bits per heavy atom. The molecule has 1 saturated carbocycles. The highest BCUT2D eigenvalue weighted by Crippen LogP contribution is 2.38. The summed E-state index contributed by atoms with van der Waals surface area (Å²) in [5, 5.41) is 21.2. The maximum absolute atomic E-state index is 14.0. The Labute approximate surface area is 309 Å². The van der Waals surface area contributed by atoms with Crippen molar-refractivity contribution in [2.45, 2.75) is 58.0 Å². The average Bonchev–Trinajstić information content (AvgIpc) is 3.82. The number of carbonyl (C=O) groups is 3. The van der Waals surface area contributed by atoms with E-state index in [2.05, 4.69) is 15.7 Å². The van der Waals surface area contributed by atoms with Gasteiger partial charge in [-0.2, -0.15) is 18.3 Å². The summed E-state index contributed by atoms with van der Waals surface area (Å²) in [4.78, 5) is 40.1. The molecule has 3 N–H and O–H groups in total. The van der Waals surface area contributed by atoms with E-state index in [0.717, 1.165) is 28.3 Å². The van der Waals surface area contributed by atoms with E-state index in [1.807, 2.05) is 36.4 Å². The summed E-state index contributed by atoms with van der Waals surface area (Å²) >= 11 is 0. The number of hydrogen-bond donors (Lipinski definition) is 3. The van der Waals surface area contributed by atoms with E-state index in [1.165, 1.54) is 17.0 Å². The van der Waals surface area contributed by atoms with Crippen molar-refractivity contribution in [2.75, 3.05) is 19.0 Å². The van der Waals surface area contributed by atoms with E-state index >= 15 is 0 Å². The molecule has 1 unspecified atom stereocenters. The van der Waals surface area contributed by atoms with Gasteiger partial charge in [-0.15, -0.1) is 0 Å². The molecule has 0 aliphatic heterocycles. The van der Waals surface area contributed by atoms with Crippen molar-refractivity contribution in [1.29, 1.82) is 0 Å². The number of carboxylic acid groups (broad SMARTS) is 1. The van der Waals surface area contributed by atoms with Gasteiger partial charge in [-0.3, -0.25) is 9.69 Å². The minimum Gasteiger partial charge on any atom is -0.497 e. The highest BCUT2D eigenvalue weighted by Gasteiger charge is 2.37. The van der Waals surface area contributed by atoms with E-state index in [0.29, 0.717) is 35.1 Å². The Balaban J connectivity index is 1.32. The fourth-order valence-corrected chi connectivity index (χ4v) is 6.11. The minimum absolute atomic E-state index is 0.00511. The predicted molar refractivity (Wildman–Crippen MR) is 196 cm³/mol. The second kappa shape index (κ2) is 15.1. The molecule has 1 atom stereocenters. The number of rotatable bonds is 11. The number of amides is 3. The Bertz CT molecular complexity index is 2190. The van der Waals surface area contributed by atoms with Crippen LogP contribution in [-0.4, -0.2) is 57.1 Å². The lowest BCUT2D eigenvalue weighted by molar-refractivity contribution is -0.141. The topological polar surface area (TPSA) is 135 Å². The largest absolute Gasteiger partial charge is 0.497 e. The molecule has 11 nitrogen and oxygen atoms in total. The van der Waals surface area contributed by atoms with Crippen LogP contribution in [0.3, 0.4) is 0 Å². The third kappa shape index (κ3) is 9.11. The fraction of sp³-hybridized carbons (Fsp3) is 0.300. The number of nitrogens with one attached hydrogen (secondary N) is 2. The molecule has 6 rings (SSSR count). The number of alkyl halides is 3. The smallest absolute Gasteiger partial charge is 0.435 e. The zero-order valence-corrected chi connectivity index (χ0v) is 30.1. The van der Waals surface area contributed by atoms with Crippen LogP contribution in [0.4, 0.5) is 28.4 Å². The SMILES string of the molecule is COc1ccc2cc(C(c3cccc(NC(=O)c4cc(C(F)(F)F)nn4-c4cccc(CNC(=O)OC(C)(C)C)c4)c3)N(CC3CC3)C(=O)O)ccc2c1. The van der Waals surface area contributed by atoms with E-state index in [-0.39, 0.29) is 23.8 Å². The van der Waals surface area contributed by atoms with Crippen molar-refractivity contribution in [3.05, 3.63) is 119 Å². The van der Waals surface area contributed by atoms with Gasteiger partial charge in [0.05, 0.1) is 18.8 Å². The molecule has 5 aromatic rings. The first kappa shape index (κ1) is 37.7. The molecule has 0 spiro atoms. The molecule has 0 radical (unpaired) electrons. The minimum atomic E-state index is -4.85. The van der Waals surface area contributed by atoms with Crippen molar-refractivity contribution in [1.82, 2.24) is 20.0 Å². The van der Waals surface area contributed by atoms with Gasteiger partial charge >= 0.3 is 18.4 Å². The number of alkyl carbamates (subject to hydrolysis) is 1. The zero-order valence-electron chi connectivity index (χ0n) is 30.1. The lowest BCUT2D eigenvalue weighted by Gasteiger charge is -2.31. The van der Waals surface area contributed by atoms with Gasteiger partial charge in [-0.05, 0) is 109 Å². The number of carbonyl (C=O) groups excluding carboxylic acids is 2. The number of fused-ring (bicyclic) bond motifs is 1. The van der Waals surface area contributed by atoms with Crippen LogP contribution in [0, 0.1) is 5.92 Å². The number of nitrogens with zero attached hydrogens (tertiary/aromatic N) is 3. The van der Waals surface area contributed by atoms with Crippen molar-refractivity contribution < 1.29 is 42.1 Å². The molecule has 1 aromatic heterocycles. The van der Waals surface area contributed by atoms with Crippen LogP contribution in [0.1, 0.15) is 72.5 Å². The lowest BCUT2D eigenvalue weighted by atomic mass is 9.94. The summed E-state index contributed by atoms with van der Waals surface area (Å²) < 4.78 is 53.4. The molecule has 1 aliphatic rings. The molecule has 4 aromatic carbocycles. The summed E-state index contributed by atoms with van der Waals surface area (Å²) in [6.45, 7) is 5.46. The molecule has 0 saturated heterocycles. The molecule has 0 bridgehead atoms. The van der Waals surface area contributed by atoms with Gasteiger partial charge in [0.2, 0.25) is 0 Å². The molecule has 282 valence electrons. The summed E-state index contributed by atoms with van der Waals surface area (Å²) in [5.74, 6) is 0.0327. The number of halogens is 3. The van der Waals surface area contributed by atoms with Crippen LogP contribution in [0.5, 0.6) is 5.75 Å². The second-order valence-corrected chi connectivity index (χ2v) is 14.2. The molecule has 1 heterocycles. The molecule has 1 fully saturated rings. The van der Waals surface area contributed by atoms with E-state index in [1.54, 1.807) is 64.3 Å². The van der Waals surface area contributed by atoms with Crippen LogP contribution in [0.15, 0.2) is 91.0 Å². The van der Waals surface area contributed by atoms with Crippen LogP contribution in [0.25, 0.3) is 16.5 Å². The molecule has 3 amide bonds. The first-order valence-electron chi connectivity index (χ1n) is 17.3.